The molecule has 0 saturated heterocycles. The van der Waals surface area contributed by atoms with Crippen molar-refractivity contribution in [2.75, 3.05) is 23.9 Å². The highest BCUT2D eigenvalue weighted by Crippen LogP contribution is 2.22. The van der Waals surface area contributed by atoms with Crippen molar-refractivity contribution in [1.29, 1.82) is 0 Å². The zero-order valence-corrected chi connectivity index (χ0v) is 13.9. The molecule has 0 aliphatic heterocycles. The van der Waals surface area contributed by atoms with E-state index in [1.165, 1.54) is 31.0 Å². The van der Waals surface area contributed by atoms with Gasteiger partial charge in [0.25, 0.3) is 0 Å². The fourth-order valence-electron chi connectivity index (χ4n) is 2.61. The van der Waals surface area contributed by atoms with Gasteiger partial charge in [0.2, 0.25) is 11.8 Å². The Bertz CT molecular complexity index is 512. The Kier molecular flexibility index (Phi) is 6.30. The highest BCUT2D eigenvalue weighted by Gasteiger charge is 2.21. The summed E-state index contributed by atoms with van der Waals surface area (Å²) in [6.07, 6.45) is 5.87. The standard InChI is InChI=1S/C15H23N3O3S/c1-11-8-13(17-21-11)16-14(19)9-22-10-15(20)18(2)12-6-4-3-5-7-12/h8,12H,3-7,9-10H2,1-2H3,(H,16,17,19). The number of hydrogen-bond acceptors (Lipinski definition) is 5. The summed E-state index contributed by atoms with van der Waals surface area (Å²) < 4.78 is 4.87. The van der Waals surface area contributed by atoms with E-state index >= 15 is 0 Å². The molecule has 0 spiro atoms. The van der Waals surface area contributed by atoms with Gasteiger partial charge in [-0.15, -0.1) is 11.8 Å². The van der Waals surface area contributed by atoms with Gasteiger partial charge in [-0.25, -0.2) is 0 Å². The molecular weight excluding hydrogens is 302 g/mol. The SMILES string of the molecule is Cc1cc(NC(=O)CSCC(=O)N(C)C2CCCCC2)no1. The van der Waals surface area contributed by atoms with Crippen molar-refractivity contribution in [3.8, 4) is 0 Å². The number of anilines is 1. The van der Waals surface area contributed by atoms with E-state index in [-0.39, 0.29) is 17.6 Å². The molecule has 0 atom stereocenters. The van der Waals surface area contributed by atoms with Crippen LogP contribution in [0.3, 0.4) is 0 Å². The van der Waals surface area contributed by atoms with Crippen LogP contribution in [0.15, 0.2) is 10.6 Å². The van der Waals surface area contributed by atoms with Crippen molar-refractivity contribution in [3.05, 3.63) is 11.8 Å². The third kappa shape index (κ3) is 5.05. The van der Waals surface area contributed by atoms with E-state index in [9.17, 15) is 9.59 Å². The van der Waals surface area contributed by atoms with Gasteiger partial charge in [-0.1, -0.05) is 24.4 Å². The summed E-state index contributed by atoms with van der Waals surface area (Å²) in [7, 11) is 1.87. The number of nitrogens with one attached hydrogen (secondary N) is 1. The Labute approximate surface area is 135 Å². The van der Waals surface area contributed by atoms with Crippen molar-refractivity contribution in [2.24, 2.45) is 0 Å². The number of carbonyl (C=O) groups excluding carboxylic acids is 2. The summed E-state index contributed by atoms with van der Waals surface area (Å²) in [5.74, 6) is 1.54. The van der Waals surface area contributed by atoms with Gasteiger partial charge >= 0.3 is 0 Å². The van der Waals surface area contributed by atoms with Gasteiger partial charge in [0.1, 0.15) is 5.76 Å². The number of rotatable bonds is 6. The second-order valence-corrected chi connectivity index (χ2v) is 6.65. The second-order valence-electron chi connectivity index (χ2n) is 5.66. The number of carbonyl (C=O) groups is 2. The Balaban J connectivity index is 1.66. The zero-order chi connectivity index (χ0) is 15.9. The van der Waals surface area contributed by atoms with E-state index in [4.69, 9.17) is 4.52 Å². The lowest BCUT2D eigenvalue weighted by atomic mass is 9.94. The van der Waals surface area contributed by atoms with Crippen molar-refractivity contribution in [1.82, 2.24) is 10.1 Å². The lowest BCUT2D eigenvalue weighted by molar-refractivity contribution is -0.129. The average Bonchev–Trinajstić information content (AvgIpc) is 2.92. The van der Waals surface area contributed by atoms with Gasteiger partial charge in [-0.05, 0) is 19.8 Å². The van der Waals surface area contributed by atoms with E-state index in [2.05, 4.69) is 10.5 Å². The first-order valence-electron chi connectivity index (χ1n) is 7.63. The maximum atomic E-state index is 12.1. The molecule has 1 saturated carbocycles. The van der Waals surface area contributed by atoms with E-state index in [0.717, 1.165) is 12.8 Å². The van der Waals surface area contributed by atoms with Gasteiger partial charge in [-0.3, -0.25) is 9.59 Å². The molecular formula is C15H23N3O3S. The predicted molar refractivity (Wildman–Crippen MR) is 86.8 cm³/mol. The summed E-state index contributed by atoms with van der Waals surface area (Å²) in [6, 6.07) is 2.03. The smallest absolute Gasteiger partial charge is 0.235 e. The molecule has 7 heteroatoms. The van der Waals surface area contributed by atoms with Crippen LogP contribution in [0.2, 0.25) is 0 Å². The quantitative estimate of drug-likeness (QED) is 0.869. The molecule has 1 N–H and O–H groups in total. The minimum Gasteiger partial charge on any atom is -0.360 e. The van der Waals surface area contributed by atoms with Crippen LogP contribution in [0.5, 0.6) is 0 Å². The number of hydrogen-bond donors (Lipinski definition) is 1. The molecule has 2 amide bonds. The van der Waals surface area contributed by atoms with Crippen molar-refractivity contribution in [3.63, 3.8) is 0 Å². The van der Waals surface area contributed by atoms with Crippen molar-refractivity contribution < 1.29 is 14.1 Å². The molecule has 122 valence electrons. The molecule has 0 radical (unpaired) electrons. The van der Waals surface area contributed by atoms with Gasteiger partial charge in [0.05, 0.1) is 11.5 Å². The van der Waals surface area contributed by atoms with E-state index in [1.54, 1.807) is 13.0 Å². The average molecular weight is 325 g/mol. The van der Waals surface area contributed by atoms with Gasteiger partial charge in [-0.2, -0.15) is 0 Å². The molecule has 2 rings (SSSR count). The Morgan fingerprint density at radius 1 is 1.36 bits per heavy atom. The number of nitrogens with zero attached hydrogens (tertiary/aromatic N) is 2. The predicted octanol–water partition coefficient (Wildman–Crippen LogP) is 2.45. The summed E-state index contributed by atoms with van der Waals surface area (Å²) in [4.78, 5) is 25.7. The Morgan fingerprint density at radius 3 is 2.73 bits per heavy atom. The van der Waals surface area contributed by atoms with E-state index < -0.39 is 0 Å². The monoisotopic (exact) mass is 325 g/mol. The van der Waals surface area contributed by atoms with Crippen LogP contribution in [0.4, 0.5) is 5.82 Å². The van der Waals surface area contributed by atoms with E-state index in [0.29, 0.717) is 23.4 Å². The minimum atomic E-state index is -0.175. The molecule has 0 aromatic carbocycles. The summed E-state index contributed by atoms with van der Waals surface area (Å²) >= 11 is 1.33. The molecule has 1 aliphatic rings. The number of aromatic nitrogens is 1. The maximum Gasteiger partial charge on any atom is 0.235 e. The molecule has 1 aromatic rings. The lowest BCUT2D eigenvalue weighted by Gasteiger charge is -2.31. The van der Waals surface area contributed by atoms with Gasteiger partial charge in [0.15, 0.2) is 5.82 Å². The van der Waals surface area contributed by atoms with Crippen LogP contribution in [0.25, 0.3) is 0 Å². The van der Waals surface area contributed by atoms with Crippen LogP contribution in [-0.4, -0.2) is 46.5 Å². The number of thioether (sulfide) groups is 1. The lowest BCUT2D eigenvalue weighted by Crippen LogP contribution is -2.39. The third-order valence-electron chi connectivity index (χ3n) is 3.87. The molecule has 1 fully saturated rings. The molecule has 1 heterocycles. The first-order chi connectivity index (χ1) is 10.6. The molecule has 22 heavy (non-hydrogen) atoms. The van der Waals surface area contributed by atoms with Crippen molar-refractivity contribution >= 4 is 29.4 Å². The zero-order valence-electron chi connectivity index (χ0n) is 13.1. The van der Waals surface area contributed by atoms with E-state index in [1.807, 2.05) is 11.9 Å². The minimum absolute atomic E-state index is 0.0991. The summed E-state index contributed by atoms with van der Waals surface area (Å²) in [5, 5.41) is 6.34. The van der Waals surface area contributed by atoms with Crippen LogP contribution in [0, 0.1) is 6.92 Å². The highest BCUT2D eigenvalue weighted by atomic mass is 32.2. The molecule has 0 bridgehead atoms. The number of amides is 2. The molecule has 6 nitrogen and oxygen atoms in total. The fraction of sp³-hybridized carbons (Fsp3) is 0.667. The highest BCUT2D eigenvalue weighted by molar-refractivity contribution is 8.00. The van der Waals surface area contributed by atoms with Crippen LogP contribution >= 0.6 is 11.8 Å². The van der Waals surface area contributed by atoms with Crippen LogP contribution < -0.4 is 5.32 Å². The normalized spacial score (nSPS) is 15.5. The van der Waals surface area contributed by atoms with Crippen LogP contribution in [-0.2, 0) is 9.59 Å². The number of aryl methyl sites for hydroxylation is 1. The topological polar surface area (TPSA) is 75.4 Å². The first-order valence-corrected chi connectivity index (χ1v) is 8.78. The molecule has 1 aliphatic carbocycles. The van der Waals surface area contributed by atoms with Gasteiger partial charge < -0.3 is 14.7 Å². The first kappa shape index (κ1) is 16.9. The van der Waals surface area contributed by atoms with Gasteiger partial charge in [0, 0.05) is 19.2 Å². The Hall–Kier alpha value is -1.50. The second kappa shape index (κ2) is 8.22. The fourth-order valence-corrected chi connectivity index (χ4v) is 3.35. The third-order valence-corrected chi connectivity index (χ3v) is 4.79. The Morgan fingerprint density at radius 2 is 2.09 bits per heavy atom. The molecule has 0 unspecified atom stereocenters. The van der Waals surface area contributed by atoms with Crippen molar-refractivity contribution in [2.45, 2.75) is 45.1 Å². The summed E-state index contributed by atoms with van der Waals surface area (Å²) in [6.45, 7) is 1.76. The molecule has 1 aromatic heterocycles. The van der Waals surface area contributed by atoms with Crippen LogP contribution in [0.1, 0.15) is 37.9 Å². The maximum absolute atomic E-state index is 12.1. The summed E-state index contributed by atoms with van der Waals surface area (Å²) in [5.41, 5.74) is 0. The largest absolute Gasteiger partial charge is 0.360 e.